The molecule has 10 N–H and O–H groups in total. The van der Waals surface area contributed by atoms with E-state index in [4.69, 9.17) is 59.5 Å². The molecule has 7 aromatic rings. The fourth-order valence-electron chi connectivity index (χ4n) is 11.1. The fraction of sp³-hybridized carbons (Fsp3) is 0.465. The molecule has 0 radical (unpaired) electrons. The van der Waals surface area contributed by atoms with Crippen molar-refractivity contribution in [3.8, 4) is 28.8 Å². The van der Waals surface area contributed by atoms with Crippen LogP contribution < -0.4 is 36.3 Å². The zero-order valence-corrected chi connectivity index (χ0v) is 76.0. The van der Waals surface area contributed by atoms with E-state index in [1.807, 2.05) is 48.5 Å². The molecule has 116 heavy (non-hydrogen) atoms. The summed E-state index contributed by atoms with van der Waals surface area (Å²) in [6, 6.07) is 43.1. The molecule has 6 aliphatic rings. The molecule has 13 rings (SSSR count). The van der Waals surface area contributed by atoms with E-state index in [1.54, 1.807) is 55.4 Å². The predicted molar refractivity (Wildman–Crippen MR) is 471 cm³/mol. The van der Waals surface area contributed by atoms with Gasteiger partial charge in [-0.25, -0.2) is 29.3 Å². The average molecular weight is 1780 g/mol. The molecule has 5 aromatic carbocycles. The van der Waals surface area contributed by atoms with Gasteiger partial charge >= 0.3 is 42.0 Å². The summed E-state index contributed by atoms with van der Waals surface area (Å²) in [6.45, 7) is 29.7. The number of alkyl halides is 1. The number of halogens is 6. The van der Waals surface area contributed by atoms with Gasteiger partial charge < -0.3 is 52.6 Å². The van der Waals surface area contributed by atoms with Crippen molar-refractivity contribution in [1.29, 1.82) is 10.7 Å². The first-order valence-corrected chi connectivity index (χ1v) is 43.5. The van der Waals surface area contributed by atoms with E-state index in [2.05, 4.69) is 196 Å². The number of nitrogens with two attached hydrogens (primary N) is 1. The number of nitrogens with zero attached hydrogens (tertiary/aromatic N) is 4. The van der Waals surface area contributed by atoms with Crippen LogP contribution in [0.25, 0.3) is 22.8 Å². The van der Waals surface area contributed by atoms with Gasteiger partial charge in [-0.05, 0) is 258 Å². The number of ether oxygens (including phenoxy) is 5. The number of Topliss-reactive ketones (excluding diaryl/α,β-unsaturated/α-hetero) is 1. The Labute approximate surface area is 734 Å². The number of aromatic nitrogens is 4. The van der Waals surface area contributed by atoms with E-state index < -0.39 is 35.8 Å². The number of aromatic amines is 1. The number of nitriles is 1. The zero-order valence-electron chi connectivity index (χ0n) is 72.6. The van der Waals surface area contributed by atoms with Crippen LogP contribution in [0.15, 0.2) is 142 Å². The molecular formula is C86H118BrCl4FLiN8O13PS. The van der Waals surface area contributed by atoms with Crippen LogP contribution in [0.1, 0.15) is 235 Å². The Kier molecular flexibility index (Phi) is 48.1. The third kappa shape index (κ3) is 36.8. The van der Waals surface area contributed by atoms with Crippen LogP contribution in [-0.4, -0.2) is 120 Å². The molecule has 30 heteroatoms. The predicted octanol–water partition coefficient (Wildman–Crippen LogP) is 18.1. The fourth-order valence-corrected chi connectivity index (χ4v) is 11.6. The Morgan fingerprint density at radius 3 is 1.28 bits per heavy atom. The number of aryl methyl sites for hydroxylation is 2. The minimum absolute atomic E-state index is 0. The first kappa shape index (κ1) is 105. The van der Waals surface area contributed by atoms with Gasteiger partial charge in [-0.2, -0.15) is 17.9 Å². The van der Waals surface area contributed by atoms with Gasteiger partial charge in [0, 0.05) is 42.4 Å². The second kappa shape index (κ2) is 53.0. The van der Waals surface area contributed by atoms with Crippen molar-refractivity contribution in [2.75, 3.05) is 59.6 Å². The van der Waals surface area contributed by atoms with E-state index in [9.17, 15) is 32.9 Å². The molecule has 0 spiro atoms. The summed E-state index contributed by atoms with van der Waals surface area (Å²) >= 11 is 26.9. The number of aliphatic hydroxyl groups is 1. The molecule has 6 fully saturated rings. The van der Waals surface area contributed by atoms with Crippen molar-refractivity contribution < 1.29 is 85.4 Å². The van der Waals surface area contributed by atoms with Crippen LogP contribution in [0.4, 0.5) is 4.39 Å². The van der Waals surface area contributed by atoms with Gasteiger partial charge in [0.05, 0.1) is 58.0 Å². The maximum atomic E-state index is 12.2. The zero-order chi connectivity index (χ0) is 86.5. The maximum Gasteiger partial charge on any atom is 1.00 e. The van der Waals surface area contributed by atoms with Crippen molar-refractivity contribution in [3.05, 3.63) is 214 Å². The minimum Gasteiger partial charge on any atom is -1.00 e. The van der Waals surface area contributed by atoms with Crippen molar-refractivity contribution >= 4 is 109 Å². The number of esters is 3. The van der Waals surface area contributed by atoms with Gasteiger partial charge in [0.15, 0.2) is 11.6 Å². The number of rotatable bonds is 17. The summed E-state index contributed by atoms with van der Waals surface area (Å²) in [6.07, 6.45) is 15.5. The second-order valence-corrected chi connectivity index (χ2v) is 36.3. The van der Waals surface area contributed by atoms with E-state index in [1.165, 1.54) is 116 Å². The number of carbonyl (C=O) groups excluding carboxylic acids is 4. The molecule has 0 unspecified atom stereocenters. The molecule has 21 nitrogen and oxygen atoms in total. The van der Waals surface area contributed by atoms with Gasteiger partial charge in [0.1, 0.15) is 39.3 Å². The van der Waals surface area contributed by atoms with Crippen LogP contribution in [0.5, 0.6) is 0 Å². The van der Waals surface area contributed by atoms with Gasteiger partial charge in [-0.3, -0.25) is 24.0 Å². The molecule has 634 valence electrons. The maximum absolute atomic E-state index is 12.2. The number of nitrogens with one attached hydrogen (secondary N) is 2. The van der Waals surface area contributed by atoms with Gasteiger partial charge in [0.25, 0.3) is 5.56 Å². The Bertz CT molecular complexity index is 4420. The van der Waals surface area contributed by atoms with Crippen molar-refractivity contribution in [3.63, 3.8) is 0 Å². The van der Waals surface area contributed by atoms with E-state index in [0.717, 1.165) is 35.5 Å². The summed E-state index contributed by atoms with van der Waals surface area (Å²) in [5.41, 5.74) is 18.2. The number of carbonyl (C=O) groups is 4. The normalized spacial score (nSPS) is 15.3. The first-order chi connectivity index (χ1) is 54.2. The topological polar surface area (TPSA) is 363 Å². The van der Waals surface area contributed by atoms with Crippen LogP contribution in [0, 0.1) is 30.6 Å². The smallest absolute Gasteiger partial charge is 1.00 e. The number of ketones is 1. The summed E-state index contributed by atoms with van der Waals surface area (Å²) in [5, 5.41) is 20.3. The van der Waals surface area contributed by atoms with Crippen molar-refractivity contribution in [2.24, 2.45) is 5.73 Å². The number of H-pyrrole nitrogens is 1. The van der Waals surface area contributed by atoms with Crippen molar-refractivity contribution in [2.45, 2.75) is 201 Å². The molecule has 0 amide bonds. The Morgan fingerprint density at radius 2 is 0.983 bits per heavy atom. The Hall–Kier alpha value is -6.77. The molecule has 5 saturated carbocycles. The Morgan fingerprint density at radius 1 is 0.655 bits per heavy atom. The van der Waals surface area contributed by atoms with Crippen LogP contribution in [0.3, 0.4) is 0 Å². The van der Waals surface area contributed by atoms with Crippen LogP contribution in [-0.2, 0) is 64.9 Å². The second-order valence-electron chi connectivity index (χ2n) is 28.4. The molecule has 0 atom stereocenters. The molecule has 3 heterocycles. The van der Waals surface area contributed by atoms with Gasteiger partial charge in [0.2, 0.25) is 0 Å². The third-order valence-corrected chi connectivity index (χ3v) is 20.1. The summed E-state index contributed by atoms with van der Waals surface area (Å²) in [7, 11) is -1.00. The van der Waals surface area contributed by atoms with Crippen molar-refractivity contribution in [1.82, 2.24) is 26.1 Å². The number of hydrogen-bond acceptors (Lipinski definition) is 19. The van der Waals surface area contributed by atoms with E-state index in [-0.39, 0.29) is 98.0 Å². The molecule has 2 aromatic heterocycles. The largest absolute Gasteiger partial charge is 1.00 e. The number of aliphatic hydroxyl groups excluding tert-OH is 1. The summed E-state index contributed by atoms with van der Waals surface area (Å²) in [4.78, 5) is 74.1. The summed E-state index contributed by atoms with van der Waals surface area (Å²) in [5.74, 6) is -0.631. The number of benzene rings is 5. The number of allylic oxidation sites excluding steroid dienone is 1. The summed E-state index contributed by atoms with van der Waals surface area (Å²) < 4.78 is 56.9. The van der Waals surface area contributed by atoms with E-state index in [0.29, 0.717) is 62.5 Å². The minimum atomic E-state index is -3.22. The molecule has 0 bridgehead atoms. The number of hydrogen-bond donors (Lipinski definition) is 6. The Balaban J connectivity index is 0. The third-order valence-electron chi connectivity index (χ3n) is 19.3. The molecular weight excluding hydrogens is 1660 g/mol. The number of nitrogen functional groups attached to an aromatic ring is 1. The SMILES string of the molecule is C1CCOC1.CC1(c2ccc(Br)cc2)CC1.CC1(c2ccc(C#N)cc2)CC1.CC1(c2ccc(C(=N)N)cc2)CC1.CCO.CCOC(=O)/C(C(C)=O)=C(/C)OCC.CCOC(=O)c1c(C)nc(-c2ccc(C3(C)CC3)cc2)[nH]c1=O.CCOC(=O)c1c(C)nc(-c2ccc(C3(C)CC3)cc2)nc1Cl.N.O.O=P(Cl)(Cl)Cl.[2H]CF.[2H]CS.[H-].[Li+]. The van der Waals surface area contributed by atoms with Crippen LogP contribution in [0.2, 0.25) is 5.15 Å². The molecule has 1 saturated heterocycles. The van der Waals surface area contributed by atoms with Crippen LogP contribution >= 0.6 is 79.1 Å². The number of thiol groups is 1. The van der Waals surface area contributed by atoms with E-state index >= 15 is 0 Å². The molecule has 1 aliphatic heterocycles. The quantitative estimate of drug-likeness (QED) is 0.00401. The number of amidine groups is 1. The monoisotopic (exact) mass is 1780 g/mol. The van der Waals surface area contributed by atoms with Gasteiger partial charge in [-0.1, -0.05) is 159 Å². The molecule has 5 aliphatic carbocycles. The first-order valence-electron chi connectivity index (χ1n) is 38.7. The standard InChI is InChI=1S/C18H19ClN2O2.C18H20N2O3.C11H14N2.C11H11N.C10H11Br.C10H16O4.C4H8O.C2H6O.CH3F.CH4S.Cl3OP.Li.H3N.H2O.H/c1-4-23-17(22)14-11(2)20-16(21-15(14)19)12-5-7-13(8-6-12)18(3)9-10-18;1-4-23-17(22)14-11(2)19-15(20-16(14)21)12-5-7-13(8-6-12)18(3)9-10-18;1-11(6-7-11)9-4-2-8(3-5-9)10(12)13;1-11(6-7-11)10-4-2-9(8-12)3-5-10;1-10(6-7-10)8-2-4-9(11)5-3-8;1-5-13-8(4)9(7(3)11)10(12)14-6-2;1-2-4-5-3-1;1-2-3;2*1-2;1-5(2,3)4;;;;/h5-8H,4,9-10H2,1-3H3;5-8H,4,9-10H2,1-3H3,(H,19,20,21);2-5H,6-7H2,1H3,(H3,12,13);2-5H,6-7H2,1H3;2-5H,6-7H2,1H3;5-6H2,1-4H3;1-4H2;3H,2H2,1H3;1H3;2H,1H3;;;1H3;1H2;/q;;;;;;;;;;;+1;;;-1/b;;;;;9-8-;;;;;;;;;/i;;;;;;;;2*1D;;;;;. The van der Waals surface area contributed by atoms with Gasteiger partial charge in [-0.15, -0.1) is 0 Å². The average Bonchev–Trinajstić information content (AvgIpc) is 1.76.